The first-order valence-electron chi connectivity index (χ1n) is 5.33. The van der Waals surface area contributed by atoms with E-state index in [1.54, 1.807) is 36.7 Å². The highest BCUT2D eigenvalue weighted by Gasteiger charge is 2.04. The van der Waals surface area contributed by atoms with Crippen molar-refractivity contribution in [3.8, 4) is 6.07 Å². The summed E-state index contributed by atoms with van der Waals surface area (Å²) in [7, 11) is 0. The Labute approximate surface area is 104 Å². The maximum absolute atomic E-state index is 11.7. The molecule has 18 heavy (non-hydrogen) atoms. The number of hydrogen-bond donors (Lipinski definition) is 1. The average Bonchev–Trinajstić information content (AvgIpc) is 2.40. The van der Waals surface area contributed by atoms with E-state index in [1.807, 2.05) is 6.07 Å². The van der Waals surface area contributed by atoms with Crippen LogP contribution in [0.1, 0.15) is 11.1 Å². The first-order chi connectivity index (χ1) is 8.78. The third-order valence-corrected chi connectivity index (χ3v) is 2.27. The number of carbonyl (C=O) groups excluding carboxylic acids is 1. The fraction of sp³-hybridized carbons (Fsp3) is 0.0769. The monoisotopic (exact) mass is 238 g/mol. The first kappa shape index (κ1) is 11.7. The second kappa shape index (κ2) is 5.55. The van der Waals surface area contributed by atoms with E-state index >= 15 is 0 Å². The number of anilines is 1. The minimum Gasteiger partial charge on any atom is -0.310 e. The lowest BCUT2D eigenvalue weighted by molar-refractivity contribution is -0.115. The van der Waals surface area contributed by atoms with Crippen LogP contribution in [0.2, 0.25) is 0 Å². The topological polar surface area (TPSA) is 78.7 Å². The molecule has 2 heterocycles. The molecule has 0 aliphatic carbocycles. The molecule has 2 aromatic heterocycles. The molecule has 1 N–H and O–H groups in total. The number of hydrogen-bond acceptors (Lipinski definition) is 4. The Kier molecular flexibility index (Phi) is 3.62. The summed E-state index contributed by atoms with van der Waals surface area (Å²) < 4.78 is 0. The first-order valence-corrected chi connectivity index (χ1v) is 5.33. The number of nitrogens with one attached hydrogen (secondary N) is 1. The van der Waals surface area contributed by atoms with Gasteiger partial charge in [-0.1, -0.05) is 0 Å². The van der Waals surface area contributed by atoms with Gasteiger partial charge in [0.05, 0.1) is 12.0 Å². The highest BCUT2D eigenvalue weighted by Crippen LogP contribution is 2.05. The minimum absolute atomic E-state index is 0.154. The van der Waals surface area contributed by atoms with Crippen LogP contribution in [-0.4, -0.2) is 15.9 Å². The van der Waals surface area contributed by atoms with E-state index < -0.39 is 0 Å². The van der Waals surface area contributed by atoms with Gasteiger partial charge < -0.3 is 5.32 Å². The van der Waals surface area contributed by atoms with Crippen molar-refractivity contribution >= 4 is 11.7 Å². The molecule has 2 aromatic rings. The second-order valence-electron chi connectivity index (χ2n) is 3.62. The Hall–Kier alpha value is -2.74. The molecule has 88 valence electrons. The van der Waals surface area contributed by atoms with Crippen LogP contribution >= 0.6 is 0 Å². The maximum atomic E-state index is 11.7. The number of carbonyl (C=O) groups is 1. The molecule has 0 aliphatic rings. The Morgan fingerprint density at radius 3 is 2.67 bits per heavy atom. The minimum atomic E-state index is -0.154. The summed E-state index contributed by atoms with van der Waals surface area (Å²) in [6.07, 6.45) is 4.97. The molecular weight excluding hydrogens is 228 g/mol. The molecule has 5 heteroatoms. The van der Waals surface area contributed by atoms with Gasteiger partial charge in [0.25, 0.3) is 0 Å². The average molecular weight is 238 g/mol. The van der Waals surface area contributed by atoms with Gasteiger partial charge in [0.1, 0.15) is 11.9 Å². The number of nitriles is 1. The summed E-state index contributed by atoms with van der Waals surface area (Å²) in [6.45, 7) is 0. The van der Waals surface area contributed by atoms with E-state index in [-0.39, 0.29) is 12.3 Å². The van der Waals surface area contributed by atoms with Crippen molar-refractivity contribution in [3.05, 3.63) is 54.0 Å². The van der Waals surface area contributed by atoms with Crippen LogP contribution in [0.25, 0.3) is 0 Å². The molecular formula is C13H10N4O. The van der Waals surface area contributed by atoms with E-state index in [9.17, 15) is 4.79 Å². The molecule has 5 nitrogen and oxygen atoms in total. The predicted octanol–water partition coefficient (Wildman–Crippen LogP) is 1.53. The SMILES string of the molecule is N#Cc1ccc(NC(=O)Cc2ccncc2)nc1. The summed E-state index contributed by atoms with van der Waals surface area (Å²) in [4.78, 5) is 19.5. The quantitative estimate of drug-likeness (QED) is 0.879. The van der Waals surface area contributed by atoms with E-state index in [4.69, 9.17) is 5.26 Å². The number of nitrogens with zero attached hydrogens (tertiary/aromatic N) is 3. The third kappa shape index (κ3) is 3.12. The van der Waals surface area contributed by atoms with Crippen molar-refractivity contribution in [1.82, 2.24) is 9.97 Å². The Balaban J connectivity index is 1.97. The summed E-state index contributed by atoms with van der Waals surface area (Å²) in [5.74, 6) is 0.284. The van der Waals surface area contributed by atoms with Crippen LogP contribution in [0, 0.1) is 11.3 Å². The van der Waals surface area contributed by atoms with Gasteiger partial charge in [0.2, 0.25) is 5.91 Å². The second-order valence-corrected chi connectivity index (χ2v) is 3.62. The smallest absolute Gasteiger partial charge is 0.229 e. The van der Waals surface area contributed by atoms with Gasteiger partial charge in [-0.2, -0.15) is 5.26 Å². The molecule has 1 amide bonds. The molecule has 0 atom stereocenters. The normalized spacial score (nSPS) is 9.50. The molecule has 0 radical (unpaired) electrons. The molecule has 0 spiro atoms. The third-order valence-electron chi connectivity index (χ3n) is 2.27. The maximum Gasteiger partial charge on any atom is 0.229 e. The van der Waals surface area contributed by atoms with Crippen LogP contribution in [0.3, 0.4) is 0 Å². The predicted molar refractivity (Wildman–Crippen MR) is 65.5 cm³/mol. The number of rotatable bonds is 3. The Morgan fingerprint density at radius 2 is 2.06 bits per heavy atom. The zero-order valence-electron chi connectivity index (χ0n) is 9.50. The van der Waals surface area contributed by atoms with Crippen LogP contribution in [0.4, 0.5) is 5.82 Å². The van der Waals surface area contributed by atoms with Gasteiger partial charge in [-0.05, 0) is 29.8 Å². The number of aromatic nitrogens is 2. The van der Waals surface area contributed by atoms with Crippen molar-refractivity contribution in [2.24, 2.45) is 0 Å². The highest BCUT2D eigenvalue weighted by molar-refractivity contribution is 5.91. The molecule has 2 rings (SSSR count). The number of pyridine rings is 2. The van der Waals surface area contributed by atoms with E-state index in [0.717, 1.165) is 5.56 Å². The van der Waals surface area contributed by atoms with Crippen LogP contribution in [0.15, 0.2) is 42.9 Å². The van der Waals surface area contributed by atoms with Crippen LogP contribution < -0.4 is 5.32 Å². The molecule has 0 fully saturated rings. The van der Waals surface area contributed by atoms with Crippen molar-refractivity contribution in [3.63, 3.8) is 0 Å². The summed E-state index contributed by atoms with van der Waals surface area (Å²) in [5.41, 5.74) is 1.35. The van der Waals surface area contributed by atoms with Crippen molar-refractivity contribution in [2.75, 3.05) is 5.32 Å². The van der Waals surface area contributed by atoms with E-state index in [2.05, 4.69) is 15.3 Å². The van der Waals surface area contributed by atoms with Gasteiger partial charge in [-0.15, -0.1) is 0 Å². The lowest BCUT2D eigenvalue weighted by Gasteiger charge is -2.04. The van der Waals surface area contributed by atoms with Gasteiger partial charge in [0, 0.05) is 18.6 Å². The Morgan fingerprint density at radius 1 is 1.28 bits per heavy atom. The summed E-state index contributed by atoms with van der Waals surface area (Å²) in [6, 6.07) is 8.74. The van der Waals surface area contributed by atoms with Gasteiger partial charge >= 0.3 is 0 Å². The Bertz CT molecular complexity index is 572. The van der Waals surface area contributed by atoms with Crippen LogP contribution in [-0.2, 0) is 11.2 Å². The standard InChI is InChI=1S/C13H10N4O/c14-8-11-1-2-12(16-9-11)17-13(18)7-10-3-5-15-6-4-10/h1-6,9H,7H2,(H,16,17,18). The number of amides is 1. The van der Waals surface area contributed by atoms with Crippen LogP contribution in [0.5, 0.6) is 0 Å². The molecule has 0 aromatic carbocycles. The van der Waals surface area contributed by atoms with Crippen molar-refractivity contribution in [2.45, 2.75) is 6.42 Å². The van der Waals surface area contributed by atoms with Gasteiger partial charge in [0.15, 0.2) is 0 Å². The molecule has 0 unspecified atom stereocenters. The molecule has 0 saturated heterocycles. The molecule has 0 bridgehead atoms. The van der Waals surface area contributed by atoms with Gasteiger partial charge in [-0.3, -0.25) is 9.78 Å². The zero-order chi connectivity index (χ0) is 12.8. The van der Waals surface area contributed by atoms with Crippen molar-refractivity contribution in [1.29, 1.82) is 5.26 Å². The molecule has 0 saturated carbocycles. The fourth-order valence-corrected chi connectivity index (χ4v) is 1.41. The van der Waals surface area contributed by atoms with E-state index in [0.29, 0.717) is 11.4 Å². The largest absolute Gasteiger partial charge is 0.310 e. The molecule has 0 aliphatic heterocycles. The fourth-order valence-electron chi connectivity index (χ4n) is 1.41. The summed E-state index contributed by atoms with van der Waals surface area (Å²) in [5, 5.41) is 11.3. The highest BCUT2D eigenvalue weighted by atomic mass is 16.1. The summed E-state index contributed by atoms with van der Waals surface area (Å²) >= 11 is 0. The zero-order valence-corrected chi connectivity index (χ0v) is 9.50. The van der Waals surface area contributed by atoms with Gasteiger partial charge in [-0.25, -0.2) is 4.98 Å². The lowest BCUT2D eigenvalue weighted by Crippen LogP contribution is -2.15. The van der Waals surface area contributed by atoms with Crippen molar-refractivity contribution < 1.29 is 4.79 Å². The lowest BCUT2D eigenvalue weighted by atomic mass is 10.2. The van der Waals surface area contributed by atoms with E-state index in [1.165, 1.54) is 6.20 Å².